The van der Waals surface area contributed by atoms with Gasteiger partial charge in [-0.3, -0.25) is 4.79 Å². The van der Waals surface area contributed by atoms with Crippen LogP contribution in [0.1, 0.15) is 25.7 Å². The molecule has 0 saturated heterocycles. The van der Waals surface area contributed by atoms with Crippen LogP contribution in [0.4, 0.5) is 0 Å². The van der Waals surface area contributed by atoms with E-state index in [1.807, 2.05) is 0 Å². The molecular weight excluding hydrogens is 206 g/mol. The lowest BCUT2D eigenvalue weighted by Gasteiger charge is -2.26. The largest absolute Gasteiger partial charge is 0.300 e. The third-order valence-corrected chi connectivity index (χ3v) is 2.87. The first-order valence-corrected chi connectivity index (χ1v) is 4.72. The first-order valence-electron chi connectivity index (χ1n) is 3.58. The summed E-state index contributed by atoms with van der Waals surface area (Å²) in [6.07, 6.45) is 2.79. The van der Waals surface area contributed by atoms with Crippen LogP contribution in [-0.4, -0.2) is 9.58 Å². The smallest absolute Gasteiger partial charge is 0.193 e. The molecule has 1 aliphatic rings. The van der Waals surface area contributed by atoms with Crippen molar-refractivity contribution in [3.63, 3.8) is 0 Å². The number of carbonyl (C=O) groups excluding carboxylic acids is 1. The molecule has 1 nitrogen and oxygen atoms in total. The standard InChI is InChI=1S/C7H9Cl3O/c8-7(9,10)5-2-1-3-6(11)4-5/h5H,1-4H2. The van der Waals surface area contributed by atoms with Gasteiger partial charge in [-0.2, -0.15) is 0 Å². The molecule has 11 heavy (non-hydrogen) atoms. The molecule has 4 heteroatoms. The van der Waals surface area contributed by atoms with Gasteiger partial charge in [0.2, 0.25) is 0 Å². The van der Waals surface area contributed by atoms with Crippen molar-refractivity contribution < 1.29 is 4.79 Å². The molecule has 1 atom stereocenters. The van der Waals surface area contributed by atoms with Crippen LogP contribution in [0.2, 0.25) is 0 Å². The second-order valence-electron chi connectivity index (χ2n) is 2.87. The van der Waals surface area contributed by atoms with E-state index in [-0.39, 0.29) is 11.7 Å². The van der Waals surface area contributed by atoms with Crippen molar-refractivity contribution in [1.82, 2.24) is 0 Å². The molecule has 0 bridgehead atoms. The number of ketones is 1. The maximum Gasteiger partial charge on any atom is 0.193 e. The lowest BCUT2D eigenvalue weighted by atomic mass is 9.89. The Morgan fingerprint density at radius 1 is 1.36 bits per heavy atom. The molecule has 1 rings (SSSR count). The molecule has 0 aromatic carbocycles. The summed E-state index contributed by atoms with van der Waals surface area (Å²) in [5.41, 5.74) is 0. The number of halogens is 3. The molecule has 0 aliphatic heterocycles. The van der Waals surface area contributed by atoms with Gasteiger partial charge >= 0.3 is 0 Å². The SMILES string of the molecule is O=C1CCCC(C(Cl)(Cl)Cl)C1. The van der Waals surface area contributed by atoms with Crippen LogP contribution in [0, 0.1) is 5.92 Å². The molecule has 0 aromatic rings. The highest BCUT2D eigenvalue weighted by Gasteiger charge is 2.35. The van der Waals surface area contributed by atoms with Crippen LogP contribution in [0.15, 0.2) is 0 Å². The third kappa shape index (κ3) is 2.81. The van der Waals surface area contributed by atoms with E-state index in [1.54, 1.807) is 0 Å². The third-order valence-electron chi connectivity index (χ3n) is 1.95. The first kappa shape index (κ1) is 9.63. The van der Waals surface area contributed by atoms with E-state index in [9.17, 15) is 4.79 Å². The molecule has 1 saturated carbocycles. The molecule has 1 aliphatic carbocycles. The zero-order chi connectivity index (χ0) is 8.48. The Bertz CT molecular complexity index is 162. The Balaban J connectivity index is 2.53. The monoisotopic (exact) mass is 214 g/mol. The molecule has 0 aromatic heterocycles. The summed E-state index contributed by atoms with van der Waals surface area (Å²) >= 11 is 17.0. The average Bonchev–Trinajstić information content (AvgIpc) is 1.86. The van der Waals surface area contributed by atoms with Gasteiger partial charge in [-0.1, -0.05) is 34.8 Å². The van der Waals surface area contributed by atoms with E-state index < -0.39 is 3.79 Å². The van der Waals surface area contributed by atoms with Crippen molar-refractivity contribution >= 4 is 40.6 Å². The van der Waals surface area contributed by atoms with Crippen LogP contribution >= 0.6 is 34.8 Å². The van der Waals surface area contributed by atoms with Crippen molar-refractivity contribution in [2.75, 3.05) is 0 Å². The summed E-state index contributed by atoms with van der Waals surface area (Å²) in [5.74, 6) is 0.140. The van der Waals surface area contributed by atoms with Crippen molar-refractivity contribution in [3.8, 4) is 0 Å². The number of hydrogen-bond acceptors (Lipinski definition) is 1. The molecule has 1 fully saturated rings. The van der Waals surface area contributed by atoms with Crippen molar-refractivity contribution in [2.24, 2.45) is 5.92 Å². The zero-order valence-corrected chi connectivity index (χ0v) is 8.22. The van der Waals surface area contributed by atoms with E-state index in [0.717, 1.165) is 12.8 Å². The van der Waals surface area contributed by atoms with Crippen molar-refractivity contribution in [3.05, 3.63) is 0 Å². The minimum atomic E-state index is -1.25. The predicted octanol–water partition coefficient (Wildman–Crippen LogP) is 3.12. The Hall–Kier alpha value is 0.540. The normalized spacial score (nSPS) is 27.2. The number of carbonyl (C=O) groups is 1. The summed E-state index contributed by atoms with van der Waals surface area (Å²) in [6.45, 7) is 0. The lowest BCUT2D eigenvalue weighted by Crippen LogP contribution is -2.26. The van der Waals surface area contributed by atoms with Gasteiger partial charge < -0.3 is 0 Å². The predicted molar refractivity (Wildman–Crippen MR) is 47.3 cm³/mol. The van der Waals surface area contributed by atoms with Gasteiger partial charge in [0, 0.05) is 18.8 Å². The highest BCUT2D eigenvalue weighted by Crippen LogP contribution is 2.41. The van der Waals surface area contributed by atoms with Crippen LogP contribution in [-0.2, 0) is 4.79 Å². The topological polar surface area (TPSA) is 17.1 Å². The first-order chi connectivity index (χ1) is 5.00. The van der Waals surface area contributed by atoms with Crippen LogP contribution in [0.3, 0.4) is 0 Å². The molecule has 1 unspecified atom stereocenters. The highest BCUT2D eigenvalue weighted by atomic mass is 35.6. The van der Waals surface area contributed by atoms with Crippen molar-refractivity contribution in [2.45, 2.75) is 29.5 Å². The zero-order valence-electron chi connectivity index (χ0n) is 5.95. The van der Waals surface area contributed by atoms with Crippen molar-refractivity contribution in [1.29, 1.82) is 0 Å². The average molecular weight is 216 g/mol. The number of hydrogen-bond donors (Lipinski definition) is 0. The van der Waals surface area contributed by atoms with Gasteiger partial charge in [0.05, 0.1) is 0 Å². The fourth-order valence-electron chi connectivity index (χ4n) is 1.30. The van der Waals surface area contributed by atoms with Gasteiger partial charge in [0.1, 0.15) is 5.78 Å². The summed E-state index contributed by atoms with van der Waals surface area (Å²) in [7, 11) is 0. The van der Waals surface area contributed by atoms with Crippen LogP contribution < -0.4 is 0 Å². The second kappa shape index (κ2) is 3.51. The fourth-order valence-corrected chi connectivity index (χ4v) is 1.86. The number of Topliss-reactive ketones (excluding diaryl/α,β-unsaturated/α-hetero) is 1. The molecule has 0 spiro atoms. The van der Waals surface area contributed by atoms with E-state index in [2.05, 4.69) is 0 Å². The van der Waals surface area contributed by atoms with Crippen LogP contribution in [0.25, 0.3) is 0 Å². The summed E-state index contributed by atoms with van der Waals surface area (Å²) in [4.78, 5) is 10.9. The molecule has 64 valence electrons. The lowest BCUT2D eigenvalue weighted by molar-refractivity contribution is -0.121. The summed E-state index contributed by atoms with van der Waals surface area (Å²) in [6, 6.07) is 0. The van der Waals surface area contributed by atoms with E-state index in [0.29, 0.717) is 12.8 Å². The maximum absolute atomic E-state index is 10.9. The molecule has 0 N–H and O–H groups in total. The van der Waals surface area contributed by atoms with Gasteiger partial charge in [0.15, 0.2) is 3.79 Å². The fraction of sp³-hybridized carbons (Fsp3) is 0.857. The van der Waals surface area contributed by atoms with Gasteiger partial charge in [-0.25, -0.2) is 0 Å². The van der Waals surface area contributed by atoms with Gasteiger partial charge in [-0.05, 0) is 12.8 Å². The molecule has 0 amide bonds. The van der Waals surface area contributed by atoms with Gasteiger partial charge in [0.25, 0.3) is 0 Å². The number of rotatable bonds is 0. The van der Waals surface area contributed by atoms with Crippen LogP contribution in [0.5, 0.6) is 0 Å². The number of alkyl halides is 3. The molecule has 0 heterocycles. The Kier molecular flexibility index (Phi) is 3.07. The van der Waals surface area contributed by atoms with E-state index >= 15 is 0 Å². The minimum absolute atomic E-state index is 0.0752. The van der Waals surface area contributed by atoms with Gasteiger partial charge in [-0.15, -0.1) is 0 Å². The van der Waals surface area contributed by atoms with E-state index in [4.69, 9.17) is 34.8 Å². The second-order valence-corrected chi connectivity index (χ2v) is 5.24. The quantitative estimate of drug-likeness (QED) is 0.568. The summed E-state index contributed by atoms with van der Waals surface area (Å²) < 4.78 is -1.25. The Labute approximate surface area is 81.0 Å². The van der Waals surface area contributed by atoms with E-state index in [1.165, 1.54) is 0 Å². The molecule has 0 radical (unpaired) electrons. The highest BCUT2D eigenvalue weighted by molar-refractivity contribution is 6.67. The Morgan fingerprint density at radius 3 is 2.36 bits per heavy atom. The minimum Gasteiger partial charge on any atom is -0.300 e. The maximum atomic E-state index is 10.9. The molecular formula is C7H9Cl3O. The Morgan fingerprint density at radius 2 is 2.00 bits per heavy atom. The summed E-state index contributed by atoms with van der Waals surface area (Å²) in [5, 5.41) is 0.